The number of para-hydroxylation sites is 1. The van der Waals surface area contributed by atoms with Crippen LogP contribution >= 0.6 is 27.5 Å². The van der Waals surface area contributed by atoms with Crippen LogP contribution in [0.25, 0.3) is 5.69 Å². The Morgan fingerprint density at radius 2 is 2.00 bits per heavy atom. The highest BCUT2D eigenvalue weighted by atomic mass is 79.9. The van der Waals surface area contributed by atoms with E-state index in [9.17, 15) is 9.18 Å². The summed E-state index contributed by atoms with van der Waals surface area (Å²) in [4.78, 5) is 12.5. The fourth-order valence-corrected chi connectivity index (χ4v) is 3.21. The van der Waals surface area contributed by atoms with Crippen molar-refractivity contribution in [2.45, 2.75) is 13.5 Å². The number of benzene rings is 2. The van der Waals surface area contributed by atoms with Gasteiger partial charge in [-0.1, -0.05) is 45.7 Å². The lowest BCUT2D eigenvalue weighted by Gasteiger charge is -2.07. The Labute approximate surface area is 157 Å². The van der Waals surface area contributed by atoms with Gasteiger partial charge in [-0.15, -0.1) is 0 Å². The van der Waals surface area contributed by atoms with Gasteiger partial charge in [-0.05, 0) is 37.3 Å². The van der Waals surface area contributed by atoms with Crippen molar-refractivity contribution in [2.24, 2.45) is 0 Å². The maximum atomic E-state index is 13.8. The number of carbonyl (C=O) groups is 1. The average molecular weight is 423 g/mol. The molecule has 0 spiro atoms. The van der Waals surface area contributed by atoms with Crippen molar-refractivity contribution in [2.75, 3.05) is 0 Å². The Bertz CT molecular complexity index is 928. The fourth-order valence-electron chi connectivity index (χ4n) is 2.44. The summed E-state index contributed by atoms with van der Waals surface area (Å²) < 4.78 is 16.0. The number of amides is 1. The summed E-state index contributed by atoms with van der Waals surface area (Å²) in [6.07, 6.45) is 0. The van der Waals surface area contributed by atoms with Crippen LogP contribution in [0.4, 0.5) is 4.39 Å². The smallest absolute Gasteiger partial charge is 0.256 e. The van der Waals surface area contributed by atoms with Gasteiger partial charge < -0.3 is 5.32 Å². The minimum atomic E-state index is -0.399. The number of hydrogen-bond donors (Lipinski definition) is 1. The van der Waals surface area contributed by atoms with Gasteiger partial charge in [0.2, 0.25) is 0 Å². The molecule has 128 valence electrons. The number of hydrogen-bond acceptors (Lipinski definition) is 2. The minimum Gasteiger partial charge on any atom is -0.348 e. The number of aromatic nitrogens is 2. The summed E-state index contributed by atoms with van der Waals surface area (Å²) in [5.74, 6) is -0.782. The van der Waals surface area contributed by atoms with E-state index in [2.05, 4.69) is 26.3 Å². The summed E-state index contributed by atoms with van der Waals surface area (Å²) in [7, 11) is 0. The molecule has 0 radical (unpaired) electrons. The molecule has 3 rings (SSSR count). The summed E-state index contributed by atoms with van der Waals surface area (Å²) >= 11 is 9.64. The molecule has 1 amide bonds. The van der Waals surface area contributed by atoms with E-state index in [4.69, 9.17) is 11.6 Å². The first-order valence-corrected chi connectivity index (χ1v) is 8.67. The van der Waals surface area contributed by atoms with Gasteiger partial charge in [0, 0.05) is 16.6 Å². The van der Waals surface area contributed by atoms with Crippen LogP contribution in [0.1, 0.15) is 21.6 Å². The highest BCUT2D eigenvalue weighted by molar-refractivity contribution is 9.10. The molecule has 1 N–H and O–H groups in total. The molecular formula is C18H14BrClFN3O. The summed E-state index contributed by atoms with van der Waals surface area (Å²) in [6.45, 7) is 1.76. The molecule has 0 saturated carbocycles. The second-order valence-electron chi connectivity index (χ2n) is 5.42. The van der Waals surface area contributed by atoms with Crippen LogP contribution in [0.3, 0.4) is 0 Å². The van der Waals surface area contributed by atoms with E-state index < -0.39 is 5.91 Å². The van der Waals surface area contributed by atoms with Crippen molar-refractivity contribution in [1.82, 2.24) is 15.1 Å². The third kappa shape index (κ3) is 3.75. The number of nitrogens with one attached hydrogen (secondary N) is 1. The molecule has 0 bridgehead atoms. The first-order valence-electron chi connectivity index (χ1n) is 7.50. The van der Waals surface area contributed by atoms with Gasteiger partial charge in [0.15, 0.2) is 0 Å². The van der Waals surface area contributed by atoms with E-state index in [1.54, 1.807) is 19.1 Å². The SMILES string of the molecule is Cc1nn(-c2ccccc2)c(Cl)c1C(=O)NCc1cc(Br)ccc1F. The van der Waals surface area contributed by atoms with Gasteiger partial charge in [0.1, 0.15) is 11.0 Å². The van der Waals surface area contributed by atoms with Crippen LogP contribution in [-0.4, -0.2) is 15.7 Å². The third-order valence-electron chi connectivity index (χ3n) is 3.68. The average Bonchev–Trinajstić information content (AvgIpc) is 2.91. The maximum Gasteiger partial charge on any atom is 0.256 e. The molecule has 7 heteroatoms. The maximum absolute atomic E-state index is 13.8. The molecule has 25 heavy (non-hydrogen) atoms. The molecule has 0 unspecified atom stereocenters. The molecule has 0 aliphatic carbocycles. The Morgan fingerprint density at radius 1 is 1.28 bits per heavy atom. The standard InChI is InChI=1S/C18H14BrClFN3O/c1-11-16(17(20)24(23-11)14-5-3-2-4-6-14)18(25)22-10-12-9-13(19)7-8-15(12)21/h2-9H,10H2,1H3,(H,22,25). The van der Waals surface area contributed by atoms with Crippen LogP contribution in [0.2, 0.25) is 5.15 Å². The van der Waals surface area contributed by atoms with E-state index in [1.165, 1.54) is 10.7 Å². The molecule has 1 aromatic heterocycles. The highest BCUT2D eigenvalue weighted by Crippen LogP contribution is 2.23. The molecule has 4 nitrogen and oxygen atoms in total. The summed E-state index contributed by atoms with van der Waals surface area (Å²) in [5, 5.41) is 7.24. The van der Waals surface area contributed by atoms with E-state index in [0.717, 1.165) is 10.2 Å². The summed E-state index contributed by atoms with van der Waals surface area (Å²) in [5.41, 5.74) is 1.92. The third-order valence-corrected chi connectivity index (χ3v) is 4.52. The molecule has 2 aromatic carbocycles. The van der Waals surface area contributed by atoms with Crippen LogP contribution in [0.15, 0.2) is 53.0 Å². The minimum absolute atomic E-state index is 0.0520. The van der Waals surface area contributed by atoms with Crippen molar-refractivity contribution in [3.8, 4) is 5.69 Å². The van der Waals surface area contributed by atoms with Crippen molar-refractivity contribution in [3.05, 3.63) is 80.8 Å². The Balaban J connectivity index is 1.83. The van der Waals surface area contributed by atoms with E-state index in [1.807, 2.05) is 30.3 Å². The molecule has 0 fully saturated rings. The second kappa shape index (κ2) is 7.37. The van der Waals surface area contributed by atoms with Gasteiger partial charge in [0.25, 0.3) is 5.91 Å². The van der Waals surface area contributed by atoms with Crippen molar-refractivity contribution < 1.29 is 9.18 Å². The van der Waals surface area contributed by atoms with Crippen LogP contribution in [0, 0.1) is 12.7 Å². The Hall–Kier alpha value is -2.18. The second-order valence-corrected chi connectivity index (χ2v) is 6.69. The van der Waals surface area contributed by atoms with Gasteiger partial charge in [-0.25, -0.2) is 9.07 Å². The lowest BCUT2D eigenvalue weighted by Crippen LogP contribution is -2.24. The first-order chi connectivity index (χ1) is 12.0. The van der Waals surface area contributed by atoms with E-state index in [-0.39, 0.29) is 23.1 Å². The van der Waals surface area contributed by atoms with Crippen molar-refractivity contribution >= 4 is 33.4 Å². The zero-order valence-electron chi connectivity index (χ0n) is 13.3. The van der Waals surface area contributed by atoms with Crippen molar-refractivity contribution in [1.29, 1.82) is 0 Å². The monoisotopic (exact) mass is 421 g/mol. The summed E-state index contributed by atoms with van der Waals surface area (Å²) in [6, 6.07) is 13.9. The lowest BCUT2D eigenvalue weighted by molar-refractivity contribution is 0.0950. The van der Waals surface area contributed by atoms with Crippen LogP contribution < -0.4 is 5.32 Å². The van der Waals surface area contributed by atoms with Gasteiger partial charge in [-0.3, -0.25) is 4.79 Å². The van der Waals surface area contributed by atoms with Gasteiger partial charge >= 0.3 is 0 Å². The molecular weight excluding hydrogens is 409 g/mol. The van der Waals surface area contributed by atoms with Gasteiger partial charge in [0.05, 0.1) is 16.9 Å². The largest absolute Gasteiger partial charge is 0.348 e. The van der Waals surface area contributed by atoms with E-state index in [0.29, 0.717) is 11.3 Å². The predicted octanol–water partition coefficient (Wildman–Crippen LogP) is 4.67. The number of aryl methyl sites for hydroxylation is 1. The predicted molar refractivity (Wildman–Crippen MR) is 98.6 cm³/mol. The molecule has 0 atom stereocenters. The van der Waals surface area contributed by atoms with Crippen LogP contribution in [-0.2, 0) is 6.54 Å². The molecule has 1 heterocycles. The first kappa shape index (κ1) is 17.6. The molecule has 3 aromatic rings. The van der Waals surface area contributed by atoms with Gasteiger partial charge in [-0.2, -0.15) is 5.10 Å². The number of rotatable bonds is 4. The number of carbonyl (C=O) groups excluding carboxylic acids is 1. The number of nitrogens with zero attached hydrogens (tertiary/aromatic N) is 2. The Morgan fingerprint density at radius 3 is 2.72 bits per heavy atom. The molecule has 0 aliphatic rings. The Kier molecular flexibility index (Phi) is 5.20. The van der Waals surface area contributed by atoms with E-state index >= 15 is 0 Å². The van der Waals surface area contributed by atoms with Crippen molar-refractivity contribution in [3.63, 3.8) is 0 Å². The zero-order valence-corrected chi connectivity index (χ0v) is 15.6. The quantitative estimate of drug-likeness (QED) is 0.664. The fraction of sp³-hybridized carbons (Fsp3) is 0.111. The molecule has 0 saturated heterocycles. The topological polar surface area (TPSA) is 46.9 Å². The highest BCUT2D eigenvalue weighted by Gasteiger charge is 2.21. The number of halogens is 3. The molecule has 0 aliphatic heterocycles. The zero-order chi connectivity index (χ0) is 18.0. The normalized spacial score (nSPS) is 10.7. The lowest BCUT2D eigenvalue weighted by atomic mass is 10.2. The van der Waals surface area contributed by atoms with Crippen LogP contribution in [0.5, 0.6) is 0 Å².